The molecule has 6 nitrogen and oxygen atoms in total. The monoisotopic (exact) mass is 407 g/mol. The molecule has 2 saturated heterocycles. The van der Waals surface area contributed by atoms with Crippen LogP contribution in [0.15, 0.2) is 31.0 Å². The molecule has 0 radical (unpaired) electrons. The predicted molar refractivity (Wildman–Crippen MR) is 120 cm³/mol. The Morgan fingerprint density at radius 1 is 1.37 bits per heavy atom. The number of carbonyl (C=O) groups excluding carboxylic acids is 1. The van der Waals surface area contributed by atoms with Crippen molar-refractivity contribution in [3.8, 4) is 6.07 Å². The van der Waals surface area contributed by atoms with Crippen molar-refractivity contribution < 1.29 is 4.79 Å². The van der Waals surface area contributed by atoms with E-state index < -0.39 is 0 Å². The predicted octanol–water partition coefficient (Wildman–Crippen LogP) is 3.78. The van der Waals surface area contributed by atoms with Crippen LogP contribution in [0.25, 0.3) is 11.1 Å². The summed E-state index contributed by atoms with van der Waals surface area (Å²) in [4.78, 5) is 21.7. The van der Waals surface area contributed by atoms with Crippen LogP contribution >= 0.6 is 0 Å². The zero-order valence-corrected chi connectivity index (χ0v) is 18.4. The topological polar surface area (TPSA) is 72.3 Å². The van der Waals surface area contributed by atoms with E-state index in [4.69, 9.17) is 0 Å². The second-order valence-corrected chi connectivity index (χ2v) is 8.71. The molecule has 0 aromatic carbocycles. The molecular formula is C24H33N5O. The zero-order chi connectivity index (χ0) is 21.7. The van der Waals surface area contributed by atoms with Crippen molar-refractivity contribution in [1.29, 1.82) is 5.26 Å². The fourth-order valence-electron chi connectivity index (χ4n) is 4.54. The second kappa shape index (κ2) is 9.90. The van der Waals surface area contributed by atoms with Gasteiger partial charge in [0.15, 0.2) is 0 Å². The second-order valence-electron chi connectivity index (χ2n) is 8.71. The van der Waals surface area contributed by atoms with Crippen molar-refractivity contribution in [2.45, 2.75) is 39.2 Å². The zero-order valence-electron chi connectivity index (χ0n) is 18.4. The lowest BCUT2D eigenvalue weighted by Gasteiger charge is -2.39. The average molecular weight is 408 g/mol. The molecule has 1 N–H and O–H groups in total. The van der Waals surface area contributed by atoms with Crippen LogP contribution in [-0.4, -0.2) is 60.1 Å². The highest BCUT2D eigenvalue weighted by molar-refractivity contribution is 5.83. The van der Waals surface area contributed by atoms with Gasteiger partial charge in [0.2, 0.25) is 0 Å². The van der Waals surface area contributed by atoms with Crippen molar-refractivity contribution in [2.75, 3.05) is 33.2 Å². The van der Waals surface area contributed by atoms with Crippen molar-refractivity contribution in [3.05, 3.63) is 42.2 Å². The van der Waals surface area contributed by atoms with E-state index >= 15 is 0 Å². The largest absolute Gasteiger partial charge is 0.335 e. The third kappa shape index (κ3) is 5.09. The van der Waals surface area contributed by atoms with Gasteiger partial charge in [0.25, 0.3) is 0 Å². The third-order valence-corrected chi connectivity index (χ3v) is 6.30. The molecule has 2 aliphatic rings. The number of allylic oxidation sites excluding steroid dienone is 2. The molecule has 1 aromatic rings. The third-order valence-electron chi connectivity index (χ3n) is 6.30. The summed E-state index contributed by atoms with van der Waals surface area (Å²) in [5, 5.41) is 12.7. The minimum atomic E-state index is 0.0338. The van der Waals surface area contributed by atoms with Crippen LogP contribution in [0.2, 0.25) is 0 Å². The first-order valence-electron chi connectivity index (χ1n) is 10.9. The maximum absolute atomic E-state index is 13.0. The van der Waals surface area contributed by atoms with E-state index in [9.17, 15) is 10.1 Å². The minimum Gasteiger partial charge on any atom is -0.335 e. The lowest BCUT2D eigenvalue weighted by Crippen LogP contribution is -2.52. The Hall–Kier alpha value is -2.65. The summed E-state index contributed by atoms with van der Waals surface area (Å²) >= 11 is 0. The number of rotatable bonds is 4. The van der Waals surface area contributed by atoms with E-state index in [0.717, 1.165) is 50.0 Å². The Labute approximate surface area is 180 Å². The van der Waals surface area contributed by atoms with E-state index in [1.165, 1.54) is 0 Å². The first-order chi connectivity index (χ1) is 14.4. The Morgan fingerprint density at radius 3 is 2.77 bits per heavy atom. The standard InChI is InChI=1S/C24H33N5O/c1-5-19(14-25)23-22(7-6-10-26-23)18(3)20-13-17(2)15-29(16-20)24(30)27-21-8-11-28(4)12-9-21/h5-7,10,17,20-21H,3,8-9,11-13,15-16H2,1-2,4H3,(H,27,30)/b19-5-/t17-,20+/m1/s1. The fourth-order valence-corrected chi connectivity index (χ4v) is 4.54. The number of hydrogen-bond donors (Lipinski definition) is 1. The molecule has 0 saturated carbocycles. The van der Waals surface area contributed by atoms with Gasteiger partial charge in [-0.2, -0.15) is 5.26 Å². The number of amides is 2. The molecule has 2 fully saturated rings. The van der Waals surface area contributed by atoms with Crippen LogP contribution in [0, 0.1) is 23.2 Å². The van der Waals surface area contributed by atoms with Crippen molar-refractivity contribution >= 4 is 17.2 Å². The molecule has 160 valence electrons. The summed E-state index contributed by atoms with van der Waals surface area (Å²) in [5.41, 5.74) is 3.08. The number of likely N-dealkylation sites (tertiary alicyclic amines) is 2. The van der Waals surface area contributed by atoms with Crippen LogP contribution in [0.4, 0.5) is 4.79 Å². The van der Waals surface area contributed by atoms with Gasteiger partial charge < -0.3 is 15.1 Å². The number of nitrogens with zero attached hydrogens (tertiary/aromatic N) is 4. The molecule has 6 heteroatoms. The van der Waals surface area contributed by atoms with Crippen molar-refractivity contribution in [2.24, 2.45) is 11.8 Å². The Kier molecular flexibility index (Phi) is 7.28. The first kappa shape index (κ1) is 22.0. The molecule has 0 bridgehead atoms. The van der Waals surface area contributed by atoms with Gasteiger partial charge in [-0.1, -0.05) is 25.6 Å². The number of piperidine rings is 2. The van der Waals surface area contributed by atoms with E-state index in [1.807, 2.05) is 24.0 Å². The summed E-state index contributed by atoms with van der Waals surface area (Å²) < 4.78 is 0. The van der Waals surface area contributed by atoms with E-state index in [-0.39, 0.29) is 18.0 Å². The van der Waals surface area contributed by atoms with Crippen LogP contribution < -0.4 is 5.32 Å². The summed E-state index contributed by atoms with van der Waals surface area (Å²) in [6, 6.07) is 6.38. The molecule has 3 heterocycles. The quantitative estimate of drug-likeness (QED) is 0.771. The molecule has 2 amide bonds. The maximum atomic E-state index is 13.0. The highest BCUT2D eigenvalue weighted by atomic mass is 16.2. The van der Waals surface area contributed by atoms with Gasteiger partial charge in [0, 0.05) is 36.8 Å². The number of nitriles is 1. The van der Waals surface area contributed by atoms with Crippen molar-refractivity contribution in [3.63, 3.8) is 0 Å². The van der Waals surface area contributed by atoms with E-state index in [2.05, 4.69) is 41.8 Å². The number of aromatic nitrogens is 1. The number of urea groups is 1. The molecule has 2 aliphatic heterocycles. The molecule has 0 aliphatic carbocycles. The van der Waals surface area contributed by atoms with Crippen molar-refractivity contribution in [1.82, 2.24) is 20.1 Å². The molecule has 30 heavy (non-hydrogen) atoms. The molecular weight excluding hydrogens is 374 g/mol. The number of hydrogen-bond acceptors (Lipinski definition) is 4. The molecule has 0 spiro atoms. The normalized spacial score (nSPS) is 23.7. The highest BCUT2D eigenvalue weighted by Crippen LogP contribution is 2.34. The van der Waals surface area contributed by atoms with Crippen LogP contribution in [0.3, 0.4) is 0 Å². The van der Waals surface area contributed by atoms with Crippen LogP contribution in [0.1, 0.15) is 44.4 Å². The van der Waals surface area contributed by atoms with Gasteiger partial charge in [-0.25, -0.2) is 4.79 Å². The SMILES string of the molecule is C=C(c1cccnc1/C(C#N)=C\C)[C@H]1C[C@@H](C)CN(C(=O)NC2CCN(C)CC2)C1. The fraction of sp³-hybridized carbons (Fsp3) is 0.542. The smallest absolute Gasteiger partial charge is 0.317 e. The first-order valence-corrected chi connectivity index (χ1v) is 10.9. The number of carbonyl (C=O) groups is 1. The molecule has 3 rings (SSSR count). The van der Waals surface area contributed by atoms with Gasteiger partial charge in [-0.05, 0) is 63.9 Å². The Morgan fingerprint density at radius 2 is 2.10 bits per heavy atom. The van der Waals surface area contributed by atoms with E-state index in [0.29, 0.717) is 23.7 Å². The van der Waals surface area contributed by atoms with Crippen LogP contribution in [0.5, 0.6) is 0 Å². The lowest BCUT2D eigenvalue weighted by atomic mass is 9.82. The summed E-state index contributed by atoms with van der Waals surface area (Å²) in [6.07, 6.45) is 6.47. The Bertz CT molecular complexity index is 847. The van der Waals surface area contributed by atoms with E-state index in [1.54, 1.807) is 12.3 Å². The number of nitrogens with one attached hydrogen (secondary N) is 1. The summed E-state index contributed by atoms with van der Waals surface area (Å²) in [7, 11) is 2.12. The summed E-state index contributed by atoms with van der Waals surface area (Å²) in [6.45, 7) is 11.9. The van der Waals surface area contributed by atoms with Gasteiger partial charge >= 0.3 is 6.03 Å². The molecule has 2 atom stereocenters. The van der Waals surface area contributed by atoms with Gasteiger partial charge in [0.1, 0.15) is 6.07 Å². The molecule has 0 unspecified atom stereocenters. The van der Waals surface area contributed by atoms with Gasteiger partial charge in [0.05, 0.1) is 11.3 Å². The summed E-state index contributed by atoms with van der Waals surface area (Å²) in [5.74, 6) is 0.540. The molecule has 1 aromatic heterocycles. The minimum absolute atomic E-state index is 0.0338. The van der Waals surface area contributed by atoms with Crippen LogP contribution in [-0.2, 0) is 0 Å². The van der Waals surface area contributed by atoms with Gasteiger partial charge in [-0.3, -0.25) is 4.98 Å². The van der Waals surface area contributed by atoms with Gasteiger partial charge in [-0.15, -0.1) is 0 Å². The maximum Gasteiger partial charge on any atom is 0.317 e. The number of pyridine rings is 1. The Balaban J connectivity index is 1.72. The average Bonchev–Trinajstić information content (AvgIpc) is 2.75. The highest BCUT2D eigenvalue weighted by Gasteiger charge is 2.32. The lowest BCUT2D eigenvalue weighted by molar-refractivity contribution is 0.146.